The van der Waals surface area contributed by atoms with Crippen LogP contribution >= 0.6 is 15.9 Å². The van der Waals surface area contributed by atoms with Gasteiger partial charge in [0, 0.05) is 5.54 Å². The third-order valence-electron chi connectivity index (χ3n) is 3.53. The van der Waals surface area contributed by atoms with Crippen LogP contribution in [-0.4, -0.2) is 7.11 Å². The van der Waals surface area contributed by atoms with Crippen LogP contribution in [-0.2, 0) is 5.54 Å². The second-order valence-corrected chi connectivity index (χ2v) is 5.43. The minimum atomic E-state index is -0.167. The van der Waals surface area contributed by atoms with Gasteiger partial charge in [-0.1, -0.05) is 25.0 Å². The molecule has 16 heavy (non-hydrogen) atoms. The largest absolute Gasteiger partial charge is 0.495 e. The molecule has 3 heteroatoms. The van der Waals surface area contributed by atoms with E-state index < -0.39 is 0 Å². The van der Waals surface area contributed by atoms with E-state index in [-0.39, 0.29) is 5.54 Å². The SMILES string of the molecule is COc1c(C)ccc(C2(N)CCCC2)c1Br. The molecule has 2 N–H and O–H groups in total. The Hall–Kier alpha value is -0.540. The van der Waals surface area contributed by atoms with Gasteiger partial charge in [0.05, 0.1) is 11.6 Å². The Bertz CT molecular complexity index is 397. The second kappa shape index (κ2) is 4.38. The Morgan fingerprint density at radius 1 is 1.31 bits per heavy atom. The third kappa shape index (κ3) is 1.87. The molecule has 0 aromatic heterocycles. The first kappa shape index (κ1) is 11.9. The van der Waals surface area contributed by atoms with Gasteiger partial charge in [-0.3, -0.25) is 0 Å². The average molecular weight is 284 g/mol. The molecule has 0 aliphatic heterocycles. The van der Waals surface area contributed by atoms with E-state index in [4.69, 9.17) is 10.5 Å². The van der Waals surface area contributed by atoms with E-state index in [1.165, 1.54) is 18.4 Å². The molecular formula is C13H18BrNO. The number of methoxy groups -OCH3 is 1. The molecule has 2 rings (SSSR count). The molecule has 0 atom stereocenters. The number of ether oxygens (including phenoxy) is 1. The van der Waals surface area contributed by atoms with Gasteiger partial charge in [0.15, 0.2) is 0 Å². The van der Waals surface area contributed by atoms with Gasteiger partial charge < -0.3 is 10.5 Å². The van der Waals surface area contributed by atoms with Gasteiger partial charge in [0.25, 0.3) is 0 Å². The summed E-state index contributed by atoms with van der Waals surface area (Å²) in [5, 5.41) is 0. The lowest BCUT2D eigenvalue weighted by Gasteiger charge is -2.26. The molecule has 1 aromatic carbocycles. The number of rotatable bonds is 2. The predicted molar refractivity (Wildman–Crippen MR) is 69.8 cm³/mol. The number of benzene rings is 1. The minimum absolute atomic E-state index is 0.167. The topological polar surface area (TPSA) is 35.2 Å². The van der Waals surface area contributed by atoms with E-state index in [0.717, 1.165) is 28.6 Å². The monoisotopic (exact) mass is 283 g/mol. The highest BCUT2D eigenvalue weighted by atomic mass is 79.9. The van der Waals surface area contributed by atoms with Gasteiger partial charge in [-0.25, -0.2) is 0 Å². The van der Waals surface area contributed by atoms with E-state index in [1.54, 1.807) is 7.11 Å². The lowest BCUT2D eigenvalue weighted by Crippen LogP contribution is -2.33. The Labute approximate surface area is 105 Å². The molecule has 1 saturated carbocycles. The summed E-state index contributed by atoms with van der Waals surface area (Å²) in [6, 6.07) is 4.22. The van der Waals surface area contributed by atoms with Crippen molar-refractivity contribution in [3.8, 4) is 5.75 Å². The first-order valence-electron chi connectivity index (χ1n) is 5.71. The molecule has 0 saturated heterocycles. The molecule has 2 nitrogen and oxygen atoms in total. The van der Waals surface area contributed by atoms with Crippen LogP contribution in [0.5, 0.6) is 5.75 Å². The second-order valence-electron chi connectivity index (χ2n) is 4.64. The summed E-state index contributed by atoms with van der Waals surface area (Å²) >= 11 is 3.63. The number of hydrogen-bond acceptors (Lipinski definition) is 2. The van der Waals surface area contributed by atoms with E-state index in [1.807, 2.05) is 6.92 Å². The Kier molecular flexibility index (Phi) is 3.27. The standard InChI is InChI=1S/C13H18BrNO/c1-9-5-6-10(11(14)12(9)16-2)13(15)7-3-4-8-13/h5-6H,3-4,7-8,15H2,1-2H3. The molecular weight excluding hydrogens is 266 g/mol. The number of nitrogens with two attached hydrogens (primary N) is 1. The summed E-state index contributed by atoms with van der Waals surface area (Å²) in [6.45, 7) is 2.05. The van der Waals surface area contributed by atoms with E-state index in [2.05, 4.69) is 28.1 Å². The van der Waals surface area contributed by atoms with Crippen LogP contribution in [0.1, 0.15) is 36.8 Å². The fourth-order valence-electron chi connectivity index (χ4n) is 2.56. The van der Waals surface area contributed by atoms with E-state index >= 15 is 0 Å². The average Bonchev–Trinajstić information content (AvgIpc) is 2.66. The summed E-state index contributed by atoms with van der Waals surface area (Å²) in [7, 11) is 1.70. The summed E-state index contributed by atoms with van der Waals surface area (Å²) in [6.07, 6.45) is 4.58. The number of halogens is 1. The van der Waals surface area contributed by atoms with Crippen LogP contribution in [0.25, 0.3) is 0 Å². The molecule has 1 aliphatic carbocycles. The lowest BCUT2D eigenvalue weighted by molar-refractivity contribution is 0.401. The van der Waals surface area contributed by atoms with Gasteiger partial charge in [0.1, 0.15) is 5.75 Å². The van der Waals surface area contributed by atoms with Crippen molar-refractivity contribution in [3.05, 3.63) is 27.7 Å². The van der Waals surface area contributed by atoms with Crippen LogP contribution in [0.15, 0.2) is 16.6 Å². The van der Waals surface area contributed by atoms with Gasteiger partial charge in [-0.15, -0.1) is 0 Å². The molecule has 0 bridgehead atoms. The van der Waals surface area contributed by atoms with Crippen LogP contribution in [0.4, 0.5) is 0 Å². The molecule has 88 valence electrons. The summed E-state index contributed by atoms with van der Waals surface area (Å²) < 4.78 is 6.45. The number of aryl methyl sites for hydroxylation is 1. The first-order valence-corrected chi connectivity index (χ1v) is 6.50. The maximum Gasteiger partial charge on any atom is 0.136 e. The van der Waals surface area contributed by atoms with Crippen molar-refractivity contribution in [1.82, 2.24) is 0 Å². The molecule has 0 unspecified atom stereocenters. The van der Waals surface area contributed by atoms with Crippen LogP contribution < -0.4 is 10.5 Å². The minimum Gasteiger partial charge on any atom is -0.495 e. The fraction of sp³-hybridized carbons (Fsp3) is 0.538. The molecule has 0 amide bonds. The van der Waals surface area contributed by atoms with E-state index in [9.17, 15) is 0 Å². The van der Waals surface area contributed by atoms with Crippen molar-refractivity contribution in [2.45, 2.75) is 38.1 Å². The van der Waals surface area contributed by atoms with Crippen LogP contribution in [0.3, 0.4) is 0 Å². The summed E-state index contributed by atoms with van der Waals surface area (Å²) in [5.74, 6) is 0.911. The van der Waals surface area contributed by atoms with Crippen molar-refractivity contribution >= 4 is 15.9 Å². The highest BCUT2D eigenvalue weighted by Crippen LogP contribution is 2.43. The Balaban J connectivity index is 2.49. The van der Waals surface area contributed by atoms with Gasteiger partial charge in [-0.2, -0.15) is 0 Å². The highest BCUT2D eigenvalue weighted by Gasteiger charge is 2.33. The summed E-state index contributed by atoms with van der Waals surface area (Å²) in [5.41, 5.74) is 8.63. The first-order chi connectivity index (χ1) is 7.58. The highest BCUT2D eigenvalue weighted by molar-refractivity contribution is 9.10. The molecule has 1 aliphatic rings. The summed E-state index contributed by atoms with van der Waals surface area (Å²) in [4.78, 5) is 0. The van der Waals surface area contributed by atoms with Crippen molar-refractivity contribution in [1.29, 1.82) is 0 Å². The zero-order valence-corrected chi connectivity index (χ0v) is 11.4. The normalized spacial score (nSPS) is 18.8. The lowest BCUT2D eigenvalue weighted by atomic mass is 9.88. The molecule has 0 spiro atoms. The molecule has 0 heterocycles. The zero-order valence-electron chi connectivity index (χ0n) is 9.85. The quantitative estimate of drug-likeness (QED) is 0.902. The maximum atomic E-state index is 6.47. The van der Waals surface area contributed by atoms with Crippen molar-refractivity contribution in [2.75, 3.05) is 7.11 Å². The van der Waals surface area contributed by atoms with Gasteiger partial charge >= 0.3 is 0 Å². The van der Waals surface area contributed by atoms with Crippen molar-refractivity contribution in [2.24, 2.45) is 5.73 Å². The Morgan fingerprint density at radius 2 is 1.94 bits per heavy atom. The smallest absolute Gasteiger partial charge is 0.136 e. The Morgan fingerprint density at radius 3 is 2.50 bits per heavy atom. The van der Waals surface area contributed by atoms with Gasteiger partial charge in [0.2, 0.25) is 0 Å². The van der Waals surface area contributed by atoms with Crippen molar-refractivity contribution < 1.29 is 4.74 Å². The van der Waals surface area contributed by atoms with E-state index in [0.29, 0.717) is 0 Å². The molecule has 1 fully saturated rings. The molecule has 1 aromatic rings. The predicted octanol–water partition coefficient (Wildman–Crippen LogP) is 3.49. The molecule has 0 radical (unpaired) electrons. The third-order valence-corrected chi connectivity index (χ3v) is 4.32. The van der Waals surface area contributed by atoms with Crippen LogP contribution in [0.2, 0.25) is 0 Å². The number of hydrogen-bond donors (Lipinski definition) is 1. The zero-order chi connectivity index (χ0) is 11.8. The van der Waals surface area contributed by atoms with Gasteiger partial charge in [-0.05, 0) is 46.8 Å². The maximum absolute atomic E-state index is 6.47. The van der Waals surface area contributed by atoms with Crippen molar-refractivity contribution in [3.63, 3.8) is 0 Å². The van der Waals surface area contributed by atoms with Crippen LogP contribution in [0, 0.1) is 6.92 Å². The fourth-order valence-corrected chi connectivity index (χ4v) is 3.56.